The molecule has 0 saturated carbocycles. The second-order valence-corrected chi connectivity index (χ2v) is 8.33. The third kappa shape index (κ3) is 5.54. The number of rotatable bonds is 4. The first-order chi connectivity index (χ1) is 14.1. The van der Waals surface area contributed by atoms with Gasteiger partial charge in [-0.15, -0.1) is 0 Å². The van der Waals surface area contributed by atoms with Gasteiger partial charge in [-0.05, 0) is 32.2 Å². The minimum absolute atomic E-state index is 0.114. The number of pyridine rings is 1. The van der Waals surface area contributed by atoms with E-state index in [4.69, 9.17) is 10.5 Å². The van der Waals surface area contributed by atoms with E-state index in [1.165, 1.54) is 0 Å². The molecule has 0 amide bonds. The number of hydrogen-bond acceptors (Lipinski definition) is 7. The number of nitrogens with two attached hydrogens (primary N) is 1. The highest BCUT2D eigenvalue weighted by molar-refractivity contribution is 7.99. The topological polar surface area (TPSA) is 77.2 Å². The molecule has 3 heterocycles. The summed E-state index contributed by atoms with van der Waals surface area (Å²) < 4.78 is 45.8. The van der Waals surface area contributed by atoms with E-state index >= 15 is 0 Å². The molecule has 0 radical (unpaired) electrons. The monoisotopic (exact) mass is 443 g/mol. The molecule has 1 saturated heterocycles. The SMILES string of the molecule is CC.CSC(C)(C)c1cc(-c2cnc(N)cc2C(F)(F)F)nc(N2CCOCC2)n1. The molecule has 0 unspecified atom stereocenters. The number of hydrogen-bond donors (Lipinski definition) is 1. The van der Waals surface area contributed by atoms with E-state index in [-0.39, 0.29) is 17.1 Å². The van der Waals surface area contributed by atoms with Gasteiger partial charge in [0.1, 0.15) is 5.82 Å². The molecular weight excluding hydrogens is 415 g/mol. The molecule has 10 heteroatoms. The number of anilines is 2. The number of ether oxygens (including phenoxy) is 1. The summed E-state index contributed by atoms with van der Waals surface area (Å²) in [4.78, 5) is 14.9. The van der Waals surface area contributed by atoms with Crippen molar-refractivity contribution in [3.63, 3.8) is 0 Å². The summed E-state index contributed by atoms with van der Waals surface area (Å²) in [5, 5.41) is 0. The molecule has 6 nitrogen and oxygen atoms in total. The fraction of sp³-hybridized carbons (Fsp3) is 0.550. The lowest BCUT2D eigenvalue weighted by atomic mass is 10.0. The lowest BCUT2D eigenvalue weighted by Gasteiger charge is -2.29. The Balaban J connectivity index is 0.00000155. The average molecular weight is 444 g/mol. The number of aromatic nitrogens is 3. The van der Waals surface area contributed by atoms with Gasteiger partial charge in [0.25, 0.3) is 0 Å². The van der Waals surface area contributed by atoms with Crippen molar-refractivity contribution in [2.24, 2.45) is 0 Å². The summed E-state index contributed by atoms with van der Waals surface area (Å²) in [7, 11) is 0. The summed E-state index contributed by atoms with van der Waals surface area (Å²) in [6.45, 7) is 10.1. The second-order valence-electron chi connectivity index (χ2n) is 6.90. The van der Waals surface area contributed by atoms with Gasteiger partial charge in [0.05, 0.1) is 34.9 Å². The number of halogens is 3. The van der Waals surface area contributed by atoms with E-state index in [1.54, 1.807) is 17.8 Å². The zero-order valence-electron chi connectivity index (χ0n) is 17.9. The van der Waals surface area contributed by atoms with Crippen LogP contribution in [0, 0.1) is 0 Å². The van der Waals surface area contributed by atoms with Crippen LogP contribution in [0.4, 0.5) is 24.9 Å². The molecule has 0 bridgehead atoms. The Morgan fingerprint density at radius 3 is 2.30 bits per heavy atom. The summed E-state index contributed by atoms with van der Waals surface area (Å²) in [6, 6.07) is 2.44. The molecule has 0 aliphatic carbocycles. The molecule has 1 fully saturated rings. The molecule has 2 aromatic heterocycles. The standard InChI is InChI=1S/C18H22F3N5OS.C2H6/c1-17(2,28-3)14-9-13(24-16(25-14)26-4-6-27-7-5-26)11-10-23-15(22)8-12(11)18(19,20)21;1-2/h8-10H,4-7H2,1-3H3,(H2,22,23);1-2H3. The van der Waals surface area contributed by atoms with Crippen LogP contribution in [-0.2, 0) is 15.7 Å². The number of morpholine rings is 1. The van der Waals surface area contributed by atoms with Crippen LogP contribution in [0.2, 0.25) is 0 Å². The number of alkyl halides is 3. The molecule has 0 spiro atoms. The Hall–Kier alpha value is -2.07. The van der Waals surface area contributed by atoms with Gasteiger partial charge in [0.2, 0.25) is 5.95 Å². The summed E-state index contributed by atoms with van der Waals surface area (Å²) >= 11 is 1.56. The first-order valence-corrected chi connectivity index (χ1v) is 10.9. The van der Waals surface area contributed by atoms with Crippen molar-refractivity contribution in [2.75, 3.05) is 43.2 Å². The maximum absolute atomic E-state index is 13.6. The molecular formula is C20H28F3N5OS. The molecule has 1 aliphatic heterocycles. The van der Waals surface area contributed by atoms with E-state index in [0.29, 0.717) is 37.9 Å². The van der Waals surface area contributed by atoms with Crippen LogP contribution in [0.3, 0.4) is 0 Å². The summed E-state index contributed by atoms with van der Waals surface area (Å²) in [5.74, 6) is 0.200. The van der Waals surface area contributed by atoms with Crippen LogP contribution < -0.4 is 10.6 Å². The van der Waals surface area contributed by atoms with E-state index in [0.717, 1.165) is 12.3 Å². The largest absolute Gasteiger partial charge is 0.417 e. The highest BCUT2D eigenvalue weighted by Crippen LogP contribution is 2.39. The predicted octanol–water partition coefficient (Wildman–Crippen LogP) is 4.60. The van der Waals surface area contributed by atoms with Gasteiger partial charge in [0, 0.05) is 24.8 Å². The molecule has 2 aromatic rings. The third-order valence-electron chi connectivity index (χ3n) is 4.64. The van der Waals surface area contributed by atoms with Crippen molar-refractivity contribution in [1.29, 1.82) is 0 Å². The van der Waals surface area contributed by atoms with Crippen LogP contribution in [0.25, 0.3) is 11.3 Å². The van der Waals surface area contributed by atoms with E-state index in [2.05, 4.69) is 15.0 Å². The zero-order valence-corrected chi connectivity index (χ0v) is 18.7. The van der Waals surface area contributed by atoms with Crippen LogP contribution in [-0.4, -0.2) is 47.5 Å². The smallest absolute Gasteiger partial charge is 0.384 e. The van der Waals surface area contributed by atoms with Crippen LogP contribution in [0.1, 0.15) is 39.0 Å². The van der Waals surface area contributed by atoms with Crippen molar-refractivity contribution in [3.05, 3.63) is 29.6 Å². The van der Waals surface area contributed by atoms with Gasteiger partial charge in [0.15, 0.2) is 0 Å². The lowest BCUT2D eigenvalue weighted by molar-refractivity contribution is -0.137. The average Bonchev–Trinajstić information content (AvgIpc) is 2.75. The van der Waals surface area contributed by atoms with Crippen molar-refractivity contribution in [1.82, 2.24) is 15.0 Å². The molecule has 0 atom stereocenters. The van der Waals surface area contributed by atoms with Gasteiger partial charge >= 0.3 is 6.18 Å². The maximum Gasteiger partial charge on any atom is 0.417 e. The third-order valence-corrected chi connectivity index (χ3v) is 5.87. The highest BCUT2D eigenvalue weighted by atomic mass is 32.2. The molecule has 2 N–H and O–H groups in total. The van der Waals surface area contributed by atoms with Crippen molar-refractivity contribution in [2.45, 2.75) is 38.6 Å². The Labute approximate surface area is 179 Å². The summed E-state index contributed by atoms with van der Waals surface area (Å²) in [5.41, 5.74) is 5.35. The number of nitrogen functional groups attached to an aromatic ring is 1. The Morgan fingerprint density at radius 1 is 1.10 bits per heavy atom. The first kappa shape index (κ1) is 24.2. The second kappa shape index (κ2) is 9.82. The van der Waals surface area contributed by atoms with Gasteiger partial charge in [-0.2, -0.15) is 24.9 Å². The summed E-state index contributed by atoms with van der Waals surface area (Å²) in [6.07, 6.45) is -1.52. The van der Waals surface area contributed by atoms with Gasteiger partial charge in [-0.1, -0.05) is 13.8 Å². The maximum atomic E-state index is 13.6. The molecule has 166 valence electrons. The van der Waals surface area contributed by atoms with Gasteiger partial charge < -0.3 is 15.4 Å². The van der Waals surface area contributed by atoms with Crippen molar-refractivity contribution >= 4 is 23.5 Å². The van der Waals surface area contributed by atoms with Gasteiger partial charge in [-0.25, -0.2) is 15.0 Å². The van der Waals surface area contributed by atoms with E-state index in [1.807, 2.05) is 38.9 Å². The Morgan fingerprint density at radius 2 is 1.73 bits per heavy atom. The van der Waals surface area contributed by atoms with Crippen LogP contribution in [0.5, 0.6) is 0 Å². The fourth-order valence-corrected chi connectivity index (χ4v) is 3.11. The zero-order chi connectivity index (χ0) is 22.5. The lowest BCUT2D eigenvalue weighted by Crippen LogP contribution is -2.37. The fourth-order valence-electron chi connectivity index (χ4n) is 2.80. The van der Waals surface area contributed by atoms with Gasteiger partial charge in [-0.3, -0.25) is 0 Å². The quantitative estimate of drug-likeness (QED) is 0.740. The molecule has 1 aliphatic rings. The van der Waals surface area contributed by atoms with E-state index in [9.17, 15) is 13.2 Å². The van der Waals surface area contributed by atoms with E-state index < -0.39 is 16.5 Å². The highest BCUT2D eigenvalue weighted by Gasteiger charge is 2.35. The Kier molecular flexibility index (Phi) is 7.93. The minimum Gasteiger partial charge on any atom is -0.384 e. The number of nitrogens with zero attached hydrogens (tertiary/aromatic N) is 4. The van der Waals surface area contributed by atoms with Crippen molar-refractivity contribution < 1.29 is 17.9 Å². The first-order valence-electron chi connectivity index (χ1n) is 9.72. The molecule has 30 heavy (non-hydrogen) atoms. The predicted molar refractivity (Wildman–Crippen MR) is 116 cm³/mol. The van der Waals surface area contributed by atoms with Crippen LogP contribution in [0.15, 0.2) is 18.3 Å². The Bertz CT molecular complexity index is 855. The minimum atomic E-state index is -4.58. The molecule has 0 aromatic carbocycles. The van der Waals surface area contributed by atoms with Crippen LogP contribution >= 0.6 is 11.8 Å². The normalized spacial score (nSPS) is 14.9. The molecule has 3 rings (SSSR count). The van der Waals surface area contributed by atoms with Crippen molar-refractivity contribution in [3.8, 4) is 11.3 Å². The number of thioether (sulfide) groups is 1.